The first-order chi connectivity index (χ1) is 6.08. The molecule has 0 bridgehead atoms. The van der Waals surface area contributed by atoms with Crippen LogP contribution in [0.5, 0.6) is 0 Å². The van der Waals surface area contributed by atoms with Gasteiger partial charge in [0.2, 0.25) is 0 Å². The Hall–Kier alpha value is -0.0400. The van der Waals surface area contributed by atoms with E-state index in [1.807, 2.05) is 0 Å². The fraction of sp³-hybridized carbons (Fsp3) is 1.00. The van der Waals surface area contributed by atoms with Crippen molar-refractivity contribution in [3.63, 3.8) is 0 Å². The number of nitrogens with one attached hydrogen (secondary N) is 1. The lowest BCUT2D eigenvalue weighted by Gasteiger charge is -2.36. The summed E-state index contributed by atoms with van der Waals surface area (Å²) in [6.45, 7) is 6.14. The molecule has 1 N–H and O–H groups in total. The van der Waals surface area contributed by atoms with E-state index in [-0.39, 0.29) is 0 Å². The van der Waals surface area contributed by atoms with Gasteiger partial charge in [0.05, 0.1) is 0 Å². The summed E-state index contributed by atoms with van der Waals surface area (Å²) >= 11 is 0. The van der Waals surface area contributed by atoms with Crippen molar-refractivity contribution in [2.75, 3.05) is 13.6 Å². The Balaban J connectivity index is 1.95. The van der Waals surface area contributed by atoms with Gasteiger partial charge >= 0.3 is 0 Å². The smallest absolute Gasteiger partial charge is 0.00180 e. The van der Waals surface area contributed by atoms with Gasteiger partial charge < -0.3 is 5.32 Å². The van der Waals surface area contributed by atoms with Crippen LogP contribution in [0.4, 0.5) is 0 Å². The third-order valence-corrected chi connectivity index (χ3v) is 4.17. The molecule has 0 heterocycles. The second-order valence-electron chi connectivity index (χ2n) is 6.02. The minimum Gasteiger partial charge on any atom is -0.319 e. The molecule has 0 saturated heterocycles. The van der Waals surface area contributed by atoms with Crippen LogP contribution in [-0.2, 0) is 0 Å². The van der Waals surface area contributed by atoms with Crippen molar-refractivity contribution in [2.45, 2.75) is 46.0 Å². The SMILES string of the molecule is CNCC1CC12CCCC(C)(C)C2. The van der Waals surface area contributed by atoms with Gasteiger partial charge in [-0.1, -0.05) is 20.3 Å². The number of hydrogen-bond acceptors (Lipinski definition) is 1. The predicted octanol–water partition coefficient (Wildman–Crippen LogP) is 2.81. The van der Waals surface area contributed by atoms with Gasteiger partial charge in [-0.3, -0.25) is 0 Å². The van der Waals surface area contributed by atoms with Crippen molar-refractivity contribution in [1.29, 1.82) is 0 Å². The first kappa shape index (κ1) is 9.51. The molecular formula is C12H23N. The molecule has 2 atom stereocenters. The van der Waals surface area contributed by atoms with Crippen LogP contribution in [0.1, 0.15) is 46.0 Å². The van der Waals surface area contributed by atoms with Crippen molar-refractivity contribution in [2.24, 2.45) is 16.7 Å². The highest BCUT2D eigenvalue weighted by atomic mass is 14.8. The highest BCUT2D eigenvalue weighted by molar-refractivity contribution is 5.07. The molecule has 2 unspecified atom stereocenters. The van der Waals surface area contributed by atoms with Gasteiger partial charge in [0.25, 0.3) is 0 Å². The molecule has 0 radical (unpaired) electrons. The Morgan fingerprint density at radius 1 is 1.31 bits per heavy atom. The van der Waals surface area contributed by atoms with Crippen molar-refractivity contribution in [3.8, 4) is 0 Å². The van der Waals surface area contributed by atoms with Crippen LogP contribution in [0.25, 0.3) is 0 Å². The lowest BCUT2D eigenvalue weighted by atomic mass is 9.69. The zero-order valence-corrected chi connectivity index (χ0v) is 9.32. The van der Waals surface area contributed by atoms with Gasteiger partial charge in [0.15, 0.2) is 0 Å². The Kier molecular flexibility index (Phi) is 2.18. The summed E-state index contributed by atoms with van der Waals surface area (Å²) in [5.74, 6) is 0.997. The average molecular weight is 181 g/mol. The molecule has 0 aliphatic heterocycles. The summed E-state index contributed by atoms with van der Waals surface area (Å²) in [6, 6.07) is 0. The van der Waals surface area contributed by atoms with Crippen molar-refractivity contribution >= 4 is 0 Å². The molecule has 2 aliphatic carbocycles. The molecule has 1 spiro atoms. The summed E-state index contributed by atoms with van der Waals surface area (Å²) in [4.78, 5) is 0. The van der Waals surface area contributed by atoms with E-state index in [4.69, 9.17) is 0 Å². The molecule has 1 heteroatoms. The summed E-state index contributed by atoms with van der Waals surface area (Å²) < 4.78 is 0. The zero-order chi connectivity index (χ0) is 9.53. The standard InChI is InChI=1S/C12H23N/c1-11(2)5-4-6-12(9-11)7-10(12)8-13-3/h10,13H,4-9H2,1-3H3. The number of rotatable bonds is 2. The normalized spacial score (nSPS) is 42.2. The molecule has 2 saturated carbocycles. The van der Waals surface area contributed by atoms with Crippen LogP contribution in [0.15, 0.2) is 0 Å². The Morgan fingerprint density at radius 3 is 2.69 bits per heavy atom. The van der Waals surface area contributed by atoms with E-state index in [1.165, 1.54) is 38.6 Å². The fourth-order valence-corrected chi connectivity index (χ4v) is 3.54. The monoisotopic (exact) mass is 181 g/mol. The van der Waals surface area contributed by atoms with E-state index in [9.17, 15) is 0 Å². The van der Waals surface area contributed by atoms with Gasteiger partial charge in [0, 0.05) is 0 Å². The van der Waals surface area contributed by atoms with E-state index < -0.39 is 0 Å². The van der Waals surface area contributed by atoms with Crippen LogP contribution in [0.2, 0.25) is 0 Å². The molecule has 1 nitrogen and oxygen atoms in total. The zero-order valence-electron chi connectivity index (χ0n) is 9.32. The minimum atomic E-state index is 0.626. The highest BCUT2D eigenvalue weighted by Crippen LogP contribution is 2.64. The third kappa shape index (κ3) is 1.76. The molecule has 0 aromatic heterocycles. The van der Waals surface area contributed by atoms with Gasteiger partial charge in [-0.15, -0.1) is 0 Å². The van der Waals surface area contributed by atoms with Gasteiger partial charge in [0.1, 0.15) is 0 Å². The second-order valence-corrected chi connectivity index (χ2v) is 6.02. The van der Waals surface area contributed by atoms with E-state index in [0.717, 1.165) is 11.3 Å². The molecule has 0 amide bonds. The summed E-state index contributed by atoms with van der Waals surface area (Å²) in [5.41, 5.74) is 1.39. The highest BCUT2D eigenvalue weighted by Gasteiger charge is 2.56. The minimum absolute atomic E-state index is 0.626. The van der Waals surface area contributed by atoms with Crippen molar-refractivity contribution < 1.29 is 0 Å². The molecular weight excluding hydrogens is 158 g/mol. The molecule has 2 rings (SSSR count). The quantitative estimate of drug-likeness (QED) is 0.690. The first-order valence-electron chi connectivity index (χ1n) is 5.73. The molecule has 2 fully saturated rings. The molecule has 2 aliphatic rings. The van der Waals surface area contributed by atoms with Crippen LogP contribution >= 0.6 is 0 Å². The molecule has 76 valence electrons. The molecule has 0 aromatic rings. The predicted molar refractivity (Wildman–Crippen MR) is 56.7 cm³/mol. The largest absolute Gasteiger partial charge is 0.319 e. The van der Waals surface area contributed by atoms with Gasteiger partial charge in [-0.25, -0.2) is 0 Å². The second kappa shape index (κ2) is 2.98. The Labute approximate surface area is 82.3 Å². The van der Waals surface area contributed by atoms with Crippen LogP contribution in [0, 0.1) is 16.7 Å². The van der Waals surface area contributed by atoms with Crippen molar-refractivity contribution in [3.05, 3.63) is 0 Å². The summed E-state index contributed by atoms with van der Waals surface area (Å²) in [7, 11) is 2.08. The van der Waals surface area contributed by atoms with Crippen LogP contribution in [0.3, 0.4) is 0 Å². The molecule has 0 aromatic carbocycles. The summed E-state index contributed by atoms with van der Waals surface area (Å²) in [5, 5.41) is 3.33. The maximum Gasteiger partial charge on any atom is -0.00180 e. The third-order valence-electron chi connectivity index (χ3n) is 4.17. The number of hydrogen-bond donors (Lipinski definition) is 1. The average Bonchev–Trinajstić information content (AvgIpc) is 2.61. The maximum absolute atomic E-state index is 3.33. The lowest BCUT2D eigenvalue weighted by Crippen LogP contribution is -2.26. The topological polar surface area (TPSA) is 12.0 Å². The summed E-state index contributed by atoms with van der Waals surface area (Å²) in [6.07, 6.45) is 7.39. The van der Waals surface area contributed by atoms with Gasteiger partial charge in [-0.2, -0.15) is 0 Å². The lowest BCUT2D eigenvalue weighted by molar-refractivity contribution is 0.152. The van der Waals surface area contributed by atoms with Crippen LogP contribution < -0.4 is 5.32 Å². The van der Waals surface area contributed by atoms with E-state index in [0.29, 0.717) is 5.41 Å². The Morgan fingerprint density at radius 2 is 2.08 bits per heavy atom. The Bertz CT molecular complexity index is 197. The fourth-order valence-electron chi connectivity index (χ4n) is 3.54. The molecule has 13 heavy (non-hydrogen) atoms. The maximum atomic E-state index is 3.33. The van der Waals surface area contributed by atoms with Crippen LogP contribution in [-0.4, -0.2) is 13.6 Å². The van der Waals surface area contributed by atoms with E-state index in [2.05, 4.69) is 26.2 Å². The van der Waals surface area contributed by atoms with E-state index in [1.54, 1.807) is 0 Å². The van der Waals surface area contributed by atoms with Gasteiger partial charge in [-0.05, 0) is 56.0 Å². The van der Waals surface area contributed by atoms with Crippen molar-refractivity contribution in [1.82, 2.24) is 5.32 Å². The van der Waals surface area contributed by atoms with E-state index >= 15 is 0 Å². The first-order valence-corrected chi connectivity index (χ1v) is 5.73.